The number of benzene rings is 2. The minimum atomic E-state index is -1.09. The molecule has 0 fully saturated rings. The molecule has 3 aromatic rings. The molecule has 3 rings (SSSR count). The summed E-state index contributed by atoms with van der Waals surface area (Å²) in [4.78, 5) is 22.6. The third-order valence-corrected chi connectivity index (χ3v) is 4.18. The lowest BCUT2D eigenvalue weighted by Crippen LogP contribution is -2.05. The molecule has 2 aromatic carbocycles. The number of halogens is 2. The van der Waals surface area contributed by atoms with Crippen LogP contribution in [-0.4, -0.2) is 33.9 Å². The van der Waals surface area contributed by atoms with E-state index in [9.17, 15) is 19.1 Å². The smallest absolute Gasteiger partial charge is 0.335 e. The van der Waals surface area contributed by atoms with Gasteiger partial charge in [-0.3, -0.25) is 4.68 Å². The topological polar surface area (TPSA) is 81.4 Å². The summed E-state index contributed by atoms with van der Waals surface area (Å²) in [6, 6.07) is 8.78. The molecule has 0 saturated carbocycles. The van der Waals surface area contributed by atoms with Gasteiger partial charge in [-0.1, -0.05) is 17.7 Å². The van der Waals surface area contributed by atoms with Crippen molar-refractivity contribution in [2.75, 3.05) is 7.11 Å². The second-order valence-corrected chi connectivity index (χ2v) is 6.11. The largest absolute Gasteiger partial charge is 0.478 e. The van der Waals surface area contributed by atoms with Crippen LogP contribution in [0.1, 0.15) is 21.6 Å². The number of fused-ring (bicyclic) bond motifs is 1. The molecule has 0 radical (unpaired) electrons. The zero-order chi connectivity index (χ0) is 19.6. The van der Waals surface area contributed by atoms with Gasteiger partial charge in [-0.05, 0) is 36.4 Å². The van der Waals surface area contributed by atoms with E-state index < -0.39 is 17.8 Å². The first-order valence-electron chi connectivity index (χ1n) is 7.83. The highest BCUT2D eigenvalue weighted by Gasteiger charge is 2.14. The van der Waals surface area contributed by atoms with Crippen molar-refractivity contribution in [2.45, 2.75) is 6.54 Å². The molecule has 0 aliphatic rings. The molecule has 1 N–H and O–H groups in total. The summed E-state index contributed by atoms with van der Waals surface area (Å²) < 4.78 is 20.2. The lowest BCUT2D eigenvalue weighted by Gasteiger charge is -2.06. The standard InChI is InChI=1S/C19H14ClFN2O4/c1-27-18(24)7-6-16-14-5-3-11(19(25)26)8-17(14)23(22-16)10-12-2-4-13(20)9-15(12)21/h2-9H,10H2,1H3,(H,25,26). The first-order chi connectivity index (χ1) is 12.9. The highest BCUT2D eigenvalue weighted by molar-refractivity contribution is 6.30. The molecule has 0 amide bonds. The number of rotatable bonds is 5. The number of esters is 1. The molecule has 6 nitrogen and oxygen atoms in total. The Bertz CT molecular complexity index is 1080. The molecule has 1 heterocycles. The van der Waals surface area contributed by atoms with Crippen molar-refractivity contribution in [3.8, 4) is 0 Å². The summed E-state index contributed by atoms with van der Waals surface area (Å²) in [5.74, 6) is -2.13. The van der Waals surface area contributed by atoms with E-state index in [1.54, 1.807) is 12.1 Å². The van der Waals surface area contributed by atoms with E-state index in [-0.39, 0.29) is 17.1 Å². The average molecular weight is 389 g/mol. The van der Waals surface area contributed by atoms with E-state index in [0.717, 1.165) is 0 Å². The lowest BCUT2D eigenvalue weighted by molar-refractivity contribution is -0.134. The van der Waals surface area contributed by atoms with Crippen molar-refractivity contribution in [3.05, 3.63) is 70.1 Å². The molecule has 0 aliphatic heterocycles. The van der Waals surface area contributed by atoms with Gasteiger partial charge >= 0.3 is 11.9 Å². The van der Waals surface area contributed by atoms with Crippen molar-refractivity contribution in [1.29, 1.82) is 0 Å². The quantitative estimate of drug-likeness (QED) is 0.531. The minimum Gasteiger partial charge on any atom is -0.478 e. The third kappa shape index (κ3) is 3.98. The van der Waals surface area contributed by atoms with Gasteiger partial charge in [-0.15, -0.1) is 0 Å². The number of hydrogen-bond donors (Lipinski definition) is 1. The number of nitrogens with zero attached hydrogens (tertiary/aromatic N) is 2. The van der Waals surface area contributed by atoms with Crippen LogP contribution in [0, 0.1) is 5.82 Å². The van der Waals surface area contributed by atoms with Crippen LogP contribution in [0.3, 0.4) is 0 Å². The van der Waals surface area contributed by atoms with E-state index in [0.29, 0.717) is 22.2 Å². The number of carboxylic acid groups (broad SMARTS) is 1. The molecule has 0 unspecified atom stereocenters. The van der Waals surface area contributed by atoms with Crippen molar-refractivity contribution in [3.63, 3.8) is 0 Å². The highest BCUT2D eigenvalue weighted by Crippen LogP contribution is 2.24. The molecular formula is C19H14ClFN2O4. The van der Waals surface area contributed by atoms with E-state index in [1.807, 2.05) is 0 Å². The van der Waals surface area contributed by atoms with E-state index >= 15 is 0 Å². The van der Waals surface area contributed by atoms with Crippen LogP contribution >= 0.6 is 11.6 Å². The van der Waals surface area contributed by atoms with Gasteiger partial charge in [0, 0.05) is 22.0 Å². The molecule has 8 heteroatoms. The van der Waals surface area contributed by atoms with Gasteiger partial charge < -0.3 is 9.84 Å². The van der Waals surface area contributed by atoms with Gasteiger partial charge in [-0.25, -0.2) is 14.0 Å². The maximum absolute atomic E-state index is 14.2. The Morgan fingerprint density at radius 2 is 2.07 bits per heavy atom. The number of ether oxygens (including phenoxy) is 1. The first-order valence-corrected chi connectivity index (χ1v) is 8.20. The van der Waals surface area contributed by atoms with Gasteiger partial charge in [0.1, 0.15) is 5.82 Å². The Morgan fingerprint density at radius 1 is 1.30 bits per heavy atom. The van der Waals surface area contributed by atoms with E-state index in [2.05, 4.69) is 9.84 Å². The van der Waals surface area contributed by atoms with E-state index in [1.165, 1.54) is 48.2 Å². The Morgan fingerprint density at radius 3 is 2.74 bits per heavy atom. The Labute approximate surface area is 158 Å². The molecule has 27 heavy (non-hydrogen) atoms. The summed E-state index contributed by atoms with van der Waals surface area (Å²) in [6.07, 6.45) is 2.67. The van der Waals surface area contributed by atoms with Crippen molar-refractivity contribution < 1.29 is 23.8 Å². The Hall–Kier alpha value is -3.19. The van der Waals surface area contributed by atoms with E-state index in [4.69, 9.17) is 11.6 Å². The van der Waals surface area contributed by atoms with Crippen LogP contribution in [0.15, 0.2) is 42.5 Å². The molecule has 0 atom stereocenters. The number of aromatic carboxylic acids is 1. The zero-order valence-electron chi connectivity index (χ0n) is 14.1. The molecule has 0 spiro atoms. The Balaban J connectivity index is 2.11. The fourth-order valence-electron chi connectivity index (χ4n) is 2.60. The maximum Gasteiger partial charge on any atom is 0.335 e. The van der Waals surface area contributed by atoms with Crippen LogP contribution in [0.2, 0.25) is 5.02 Å². The molecule has 0 saturated heterocycles. The maximum atomic E-state index is 14.2. The second-order valence-electron chi connectivity index (χ2n) is 5.67. The Kier molecular flexibility index (Phi) is 5.23. The number of carbonyl (C=O) groups excluding carboxylic acids is 1. The number of carboxylic acids is 1. The van der Waals surface area contributed by atoms with Crippen molar-refractivity contribution in [1.82, 2.24) is 9.78 Å². The number of hydrogen-bond acceptors (Lipinski definition) is 4. The normalized spacial score (nSPS) is 11.2. The lowest BCUT2D eigenvalue weighted by atomic mass is 10.1. The molecule has 0 bridgehead atoms. The average Bonchev–Trinajstić information content (AvgIpc) is 2.99. The summed E-state index contributed by atoms with van der Waals surface area (Å²) in [5.41, 5.74) is 1.34. The second kappa shape index (κ2) is 7.59. The number of carbonyl (C=O) groups is 2. The molecule has 1 aromatic heterocycles. The molecular weight excluding hydrogens is 375 g/mol. The predicted molar refractivity (Wildman–Crippen MR) is 98.3 cm³/mol. The molecule has 0 aliphatic carbocycles. The fraction of sp³-hybridized carbons (Fsp3) is 0.105. The number of aromatic nitrogens is 2. The number of methoxy groups -OCH3 is 1. The molecule has 138 valence electrons. The van der Waals surface area contributed by atoms with Gasteiger partial charge in [0.05, 0.1) is 30.4 Å². The first kappa shape index (κ1) is 18.6. The fourth-order valence-corrected chi connectivity index (χ4v) is 2.76. The SMILES string of the molecule is COC(=O)C=Cc1nn(Cc2ccc(Cl)cc2F)c2cc(C(=O)O)ccc12. The summed E-state index contributed by atoms with van der Waals surface area (Å²) in [6.45, 7) is 0.0641. The zero-order valence-corrected chi connectivity index (χ0v) is 14.9. The summed E-state index contributed by atoms with van der Waals surface area (Å²) in [7, 11) is 1.26. The van der Waals surface area contributed by atoms with Crippen LogP contribution in [-0.2, 0) is 16.1 Å². The van der Waals surface area contributed by atoms with Crippen LogP contribution in [0.5, 0.6) is 0 Å². The van der Waals surface area contributed by atoms with Gasteiger partial charge in [0.2, 0.25) is 0 Å². The van der Waals surface area contributed by atoms with Crippen LogP contribution < -0.4 is 0 Å². The minimum absolute atomic E-state index is 0.0641. The van der Waals surface area contributed by atoms with Crippen molar-refractivity contribution in [2.24, 2.45) is 0 Å². The summed E-state index contributed by atoms with van der Waals surface area (Å²) in [5, 5.41) is 14.5. The van der Waals surface area contributed by atoms with Crippen molar-refractivity contribution >= 4 is 40.5 Å². The third-order valence-electron chi connectivity index (χ3n) is 3.94. The predicted octanol–water partition coefficient (Wildman–Crippen LogP) is 3.76. The van der Waals surface area contributed by atoms with Crippen LogP contribution in [0.4, 0.5) is 4.39 Å². The van der Waals surface area contributed by atoms with Gasteiger partial charge in [-0.2, -0.15) is 5.10 Å². The highest BCUT2D eigenvalue weighted by atomic mass is 35.5. The van der Waals surface area contributed by atoms with Crippen LogP contribution in [0.25, 0.3) is 17.0 Å². The summed E-state index contributed by atoms with van der Waals surface area (Å²) >= 11 is 5.78. The van der Waals surface area contributed by atoms with Gasteiger partial charge in [0.15, 0.2) is 0 Å². The monoisotopic (exact) mass is 388 g/mol. The van der Waals surface area contributed by atoms with Gasteiger partial charge in [0.25, 0.3) is 0 Å².